The Hall–Kier alpha value is -3.19. The molecular formula is C21H23N5O2. The van der Waals surface area contributed by atoms with Gasteiger partial charge in [0.1, 0.15) is 11.3 Å². The number of carbonyl (C=O) groups is 1. The number of carbonyl (C=O) groups excluding carboxylic acids is 1. The minimum atomic E-state index is -0.470. The second kappa shape index (κ2) is 7.82. The summed E-state index contributed by atoms with van der Waals surface area (Å²) in [5, 5.41) is 10.4. The lowest BCUT2D eigenvalue weighted by Crippen LogP contribution is -2.56. The molecule has 1 aliphatic heterocycles. The van der Waals surface area contributed by atoms with E-state index in [2.05, 4.69) is 25.9 Å². The molecule has 2 aromatic carbocycles. The summed E-state index contributed by atoms with van der Waals surface area (Å²) in [5.41, 5.74) is 2.66. The van der Waals surface area contributed by atoms with Crippen molar-refractivity contribution in [3.05, 3.63) is 59.8 Å². The van der Waals surface area contributed by atoms with Crippen molar-refractivity contribution in [2.75, 3.05) is 11.9 Å². The molecule has 144 valence electrons. The van der Waals surface area contributed by atoms with Crippen molar-refractivity contribution in [2.24, 2.45) is 0 Å². The number of nitrogens with one attached hydrogen (secondary N) is 3. The van der Waals surface area contributed by atoms with Crippen molar-refractivity contribution in [3.8, 4) is 5.75 Å². The highest BCUT2D eigenvalue weighted by molar-refractivity contribution is 5.87. The van der Waals surface area contributed by atoms with Crippen LogP contribution >= 0.6 is 0 Å². The summed E-state index contributed by atoms with van der Waals surface area (Å²) in [5.74, 6) is 1.12. The number of ether oxygens (including phenoxy) is 1. The predicted octanol–water partition coefficient (Wildman–Crippen LogP) is 2.88. The van der Waals surface area contributed by atoms with Crippen molar-refractivity contribution in [3.63, 3.8) is 0 Å². The van der Waals surface area contributed by atoms with Gasteiger partial charge in [0, 0.05) is 17.8 Å². The van der Waals surface area contributed by atoms with Crippen LogP contribution < -0.4 is 20.7 Å². The molecule has 1 aliphatic rings. The third-order valence-electron chi connectivity index (χ3n) is 4.72. The van der Waals surface area contributed by atoms with E-state index in [0.29, 0.717) is 19.0 Å². The molecule has 7 nitrogen and oxygen atoms in total. The fraction of sp³-hybridized carbons (Fsp3) is 0.286. The Morgan fingerprint density at radius 2 is 1.96 bits per heavy atom. The molecule has 7 heteroatoms. The van der Waals surface area contributed by atoms with E-state index >= 15 is 0 Å². The topological polar surface area (TPSA) is 88.2 Å². The van der Waals surface area contributed by atoms with E-state index in [-0.39, 0.29) is 11.9 Å². The van der Waals surface area contributed by atoms with Crippen LogP contribution in [0.3, 0.4) is 0 Å². The van der Waals surface area contributed by atoms with Crippen LogP contribution in [-0.2, 0) is 4.79 Å². The summed E-state index contributed by atoms with van der Waals surface area (Å²) in [4.78, 5) is 21.4. The lowest BCUT2D eigenvalue weighted by molar-refractivity contribution is -0.124. The SMILES string of the molecule is CCOc1cccc2c(C)nc(NC3NC(=O)CC(c4ccccc4)N3)nc12. The van der Waals surface area contributed by atoms with Gasteiger partial charge in [-0.25, -0.2) is 9.97 Å². The molecule has 4 rings (SSSR count). The van der Waals surface area contributed by atoms with Crippen molar-refractivity contribution >= 4 is 22.8 Å². The molecule has 0 aliphatic carbocycles. The van der Waals surface area contributed by atoms with E-state index in [1.165, 1.54) is 0 Å². The summed E-state index contributed by atoms with van der Waals surface area (Å²) >= 11 is 0. The number of fused-ring (bicyclic) bond motifs is 1. The summed E-state index contributed by atoms with van der Waals surface area (Å²) in [6, 6.07) is 15.7. The highest BCUT2D eigenvalue weighted by Gasteiger charge is 2.27. The lowest BCUT2D eigenvalue weighted by atomic mass is 10.0. The number of anilines is 1. The quantitative estimate of drug-likeness (QED) is 0.634. The number of aryl methyl sites for hydroxylation is 1. The molecule has 0 bridgehead atoms. The van der Waals surface area contributed by atoms with Crippen molar-refractivity contribution in [1.29, 1.82) is 0 Å². The van der Waals surface area contributed by atoms with Gasteiger partial charge in [-0.2, -0.15) is 0 Å². The van der Waals surface area contributed by atoms with Gasteiger partial charge in [-0.05, 0) is 25.5 Å². The molecule has 0 saturated carbocycles. The third kappa shape index (κ3) is 3.75. The molecule has 2 unspecified atom stereocenters. The average Bonchev–Trinajstić information content (AvgIpc) is 2.69. The number of nitrogens with zero attached hydrogens (tertiary/aromatic N) is 2. The molecule has 0 radical (unpaired) electrons. The normalized spacial score (nSPS) is 19.3. The van der Waals surface area contributed by atoms with Crippen LogP contribution in [0.4, 0.5) is 5.95 Å². The van der Waals surface area contributed by atoms with Gasteiger partial charge >= 0.3 is 0 Å². The first kappa shape index (κ1) is 18.2. The number of benzene rings is 2. The van der Waals surface area contributed by atoms with Crippen LogP contribution in [0, 0.1) is 6.92 Å². The molecule has 1 fully saturated rings. The molecule has 2 heterocycles. The first-order valence-corrected chi connectivity index (χ1v) is 9.41. The fourth-order valence-electron chi connectivity index (χ4n) is 3.43. The maximum absolute atomic E-state index is 12.2. The number of hydrogen-bond donors (Lipinski definition) is 3. The molecular weight excluding hydrogens is 354 g/mol. The molecule has 3 aromatic rings. The molecule has 1 amide bonds. The van der Waals surface area contributed by atoms with Crippen molar-refractivity contribution < 1.29 is 9.53 Å². The largest absolute Gasteiger partial charge is 0.492 e. The van der Waals surface area contributed by atoms with Crippen LogP contribution in [0.2, 0.25) is 0 Å². The Labute approximate surface area is 163 Å². The van der Waals surface area contributed by atoms with E-state index in [1.807, 2.05) is 62.4 Å². The van der Waals surface area contributed by atoms with Gasteiger partial charge in [-0.15, -0.1) is 0 Å². The summed E-state index contributed by atoms with van der Waals surface area (Å²) < 4.78 is 5.71. The van der Waals surface area contributed by atoms with E-state index in [0.717, 1.165) is 27.9 Å². The van der Waals surface area contributed by atoms with Gasteiger partial charge < -0.3 is 15.4 Å². The molecule has 3 N–H and O–H groups in total. The first-order valence-electron chi connectivity index (χ1n) is 9.41. The fourth-order valence-corrected chi connectivity index (χ4v) is 3.43. The number of amides is 1. The van der Waals surface area contributed by atoms with E-state index in [4.69, 9.17) is 4.74 Å². The monoisotopic (exact) mass is 377 g/mol. The van der Waals surface area contributed by atoms with Crippen molar-refractivity contribution in [2.45, 2.75) is 32.6 Å². The van der Waals surface area contributed by atoms with E-state index < -0.39 is 6.29 Å². The van der Waals surface area contributed by atoms with Crippen molar-refractivity contribution in [1.82, 2.24) is 20.6 Å². The Balaban J connectivity index is 1.60. The van der Waals surface area contributed by atoms with Gasteiger partial charge in [0.25, 0.3) is 0 Å². The predicted molar refractivity (Wildman–Crippen MR) is 108 cm³/mol. The Kier molecular flexibility index (Phi) is 5.08. The molecule has 0 spiro atoms. The number of aromatic nitrogens is 2. The van der Waals surface area contributed by atoms with E-state index in [9.17, 15) is 4.79 Å². The highest BCUT2D eigenvalue weighted by Crippen LogP contribution is 2.27. The number of hydrogen-bond acceptors (Lipinski definition) is 6. The Morgan fingerprint density at radius 1 is 1.14 bits per heavy atom. The average molecular weight is 377 g/mol. The standard InChI is InChI=1S/C21H23N5O2/c1-3-28-17-11-7-10-15-13(2)22-20(25-19(15)17)26-21-23-16(12-18(27)24-21)14-8-5-4-6-9-14/h4-11,16,21,23H,3,12H2,1-2H3,(H,24,27)(H,22,25,26). The van der Waals surface area contributed by atoms with Crippen LogP contribution in [-0.4, -0.2) is 28.8 Å². The zero-order valence-corrected chi connectivity index (χ0v) is 15.9. The van der Waals surface area contributed by atoms with Gasteiger partial charge in [0.2, 0.25) is 11.9 Å². The molecule has 1 aromatic heterocycles. The Morgan fingerprint density at radius 3 is 2.75 bits per heavy atom. The van der Waals surface area contributed by atoms with Gasteiger partial charge in [0.15, 0.2) is 6.29 Å². The first-order chi connectivity index (χ1) is 13.6. The number of para-hydroxylation sites is 1. The van der Waals surface area contributed by atoms with Gasteiger partial charge in [-0.3, -0.25) is 10.1 Å². The molecule has 28 heavy (non-hydrogen) atoms. The lowest BCUT2D eigenvalue weighted by Gasteiger charge is -2.32. The number of rotatable bonds is 5. The van der Waals surface area contributed by atoms with Gasteiger partial charge in [-0.1, -0.05) is 42.5 Å². The molecule has 2 atom stereocenters. The second-order valence-electron chi connectivity index (χ2n) is 6.70. The van der Waals surface area contributed by atoms with Crippen LogP contribution in [0.15, 0.2) is 48.5 Å². The maximum atomic E-state index is 12.2. The van der Waals surface area contributed by atoms with Crippen LogP contribution in [0.1, 0.15) is 30.6 Å². The zero-order chi connectivity index (χ0) is 19.5. The van der Waals surface area contributed by atoms with Crippen LogP contribution in [0.5, 0.6) is 5.75 Å². The minimum absolute atomic E-state index is 0.0300. The highest BCUT2D eigenvalue weighted by atomic mass is 16.5. The minimum Gasteiger partial charge on any atom is -0.492 e. The third-order valence-corrected chi connectivity index (χ3v) is 4.72. The summed E-state index contributed by atoms with van der Waals surface area (Å²) in [7, 11) is 0. The Bertz CT molecular complexity index is 993. The molecule has 1 saturated heterocycles. The summed E-state index contributed by atoms with van der Waals surface area (Å²) in [6.45, 7) is 4.44. The summed E-state index contributed by atoms with van der Waals surface area (Å²) in [6.07, 6.45) is -0.0866. The second-order valence-corrected chi connectivity index (χ2v) is 6.70. The van der Waals surface area contributed by atoms with Crippen LogP contribution in [0.25, 0.3) is 10.9 Å². The maximum Gasteiger partial charge on any atom is 0.226 e. The smallest absolute Gasteiger partial charge is 0.226 e. The van der Waals surface area contributed by atoms with Gasteiger partial charge in [0.05, 0.1) is 12.3 Å². The van der Waals surface area contributed by atoms with E-state index in [1.54, 1.807) is 0 Å². The zero-order valence-electron chi connectivity index (χ0n) is 15.9.